The predicted molar refractivity (Wildman–Crippen MR) is 218 cm³/mol. The van der Waals surface area contributed by atoms with Crippen LogP contribution in [0.15, 0.2) is 66.9 Å². The maximum atomic E-state index is 13.8. The van der Waals surface area contributed by atoms with Crippen molar-refractivity contribution < 1.29 is 19.0 Å². The van der Waals surface area contributed by atoms with Crippen molar-refractivity contribution in [1.82, 2.24) is 34.6 Å². The van der Waals surface area contributed by atoms with Crippen LogP contribution >= 0.6 is 11.6 Å². The lowest BCUT2D eigenvalue weighted by molar-refractivity contribution is 0.137. The standard InChI is InChI=1S/C42H52ClN9O4/c1-42(2,3)37-27-39(52(48-37)29-12-14-33(43)36(26-29)55-25-22-49-18-9-23-54-24-21-49)45-40(53)44-34-15-16-35(32-11-6-5-10-31(32)34)56-30-13-17-38-46-47-41(51(38)28-30)50-19-7-4-8-20-50/h5-6,10-14,17,26-28,34-35H,4,7-9,15-16,18-25H2,1-3H3,(H2,44,45,53)/t34-,35+/m0/s1. The first-order valence-corrected chi connectivity index (χ1v) is 20.3. The van der Waals surface area contributed by atoms with Crippen LogP contribution < -0.4 is 25.0 Å². The molecule has 2 N–H and O–H groups in total. The van der Waals surface area contributed by atoms with Crippen LogP contribution in [-0.2, 0) is 10.2 Å². The fraction of sp³-hybridized carbons (Fsp3) is 0.476. The number of pyridine rings is 1. The van der Waals surface area contributed by atoms with Gasteiger partial charge in [0.15, 0.2) is 5.65 Å². The highest BCUT2D eigenvalue weighted by atomic mass is 35.5. The lowest BCUT2D eigenvalue weighted by atomic mass is 9.85. The minimum atomic E-state index is -0.319. The van der Waals surface area contributed by atoms with Crippen LogP contribution in [-0.4, -0.2) is 87.9 Å². The van der Waals surface area contributed by atoms with E-state index in [0.29, 0.717) is 29.6 Å². The summed E-state index contributed by atoms with van der Waals surface area (Å²) in [4.78, 5) is 18.5. The fourth-order valence-corrected chi connectivity index (χ4v) is 7.98. The zero-order valence-corrected chi connectivity index (χ0v) is 33.3. The summed E-state index contributed by atoms with van der Waals surface area (Å²) in [5.74, 6) is 2.73. The average molecular weight is 782 g/mol. The monoisotopic (exact) mass is 781 g/mol. The third kappa shape index (κ3) is 8.59. The third-order valence-electron chi connectivity index (χ3n) is 10.9. The zero-order valence-electron chi connectivity index (χ0n) is 32.5. The Morgan fingerprint density at radius 1 is 0.929 bits per heavy atom. The van der Waals surface area contributed by atoms with Crippen LogP contribution in [0.1, 0.15) is 88.3 Å². The molecule has 2 amide bonds. The number of carbonyl (C=O) groups is 1. The first-order chi connectivity index (χ1) is 27.2. The fourth-order valence-electron chi connectivity index (χ4n) is 7.81. The zero-order chi connectivity index (χ0) is 38.6. The average Bonchev–Trinajstić information content (AvgIpc) is 3.73. The smallest absolute Gasteiger partial charge is 0.320 e. The Morgan fingerprint density at radius 2 is 1.77 bits per heavy atom. The Labute approximate surface area is 333 Å². The van der Waals surface area contributed by atoms with Crippen LogP contribution in [0.25, 0.3) is 11.3 Å². The van der Waals surface area contributed by atoms with Gasteiger partial charge in [0.05, 0.1) is 35.2 Å². The molecule has 1 aliphatic carbocycles. The summed E-state index contributed by atoms with van der Waals surface area (Å²) in [7, 11) is 0. The maximum absolute atomic E-state index is 13.8. The third-order valence-corrected chi connectivity index (χ3v) is 11.2. The molecule has 0 bridgehead atoms. The van der Waals surface area contributed by atoms with E-state index < -0.39 is 0 Å². The molecule has 2 atom stereocenters. The van der Waals surface area contributed by atoms with Gasteiger partial charge in [0, 0.05) is 56.9 Å². The molecular formula is C42H52ClN9O4. The second-order valence-corrected chi connectivity index (χ2v) is 16.4. The summed E-state index contributed by atoms with van der Waals surface area (Å²) in [6, 6.07) is 19.1. The SMILES string of the molecule is CC(C)(C)c1cc(NC(=O)N[C@H]2CC[C@@H](Oc3ccc4nnc(N5CCCCC5)n4c3)c3ccccc32)n(-c2ccc(Cl)c(OCCN3CCCOCC3)c2)n1. The summed E-state index contributed by atoms with van der Waals surface area (Å²) in [6.07, 6.45) is 7.84. The van der Waals surface area contributed by atoms with Crippen LogP contribution in [0, 0.1) is 0 Å². The number of urea groups is 1. The van der Waals surface area contributed by atoms with Gasteiger partial charge in [-0.2, -0.15) is 5.10 Å². The second kappa shape index (κ2) is 16.7. The van der Waals surface area contributed by atoms with Crippen LogP contribution in [0.4, 0.5) is 16.6 Å². The van der Waals surface area contributed by atoms with Crippen molar-refractivity contribution in [1.29, 1.82) is 0 Å². The summed E-state index contributed by atoms with van der Waals surface area (Å²) < 4.78 is 22.2. The number of hydrogen-bond donors (Lipinski definition) is 2. The molecule has 0 radical (unpaired) electrons. The highest BCUT2D eigenvalue weighted by molar-refractivity contribution is 6.32. The van der Waals surface area contributed by atoms with Crippen molar-refractivity contribution in [3.8, 4) is 17.2 Å². The molecule has 0 saturated carbocycles. The normalized spacial score (nSPS) is 19.3. The molecule has 3 aromatic heterocycles. The molecule has 296 valence electrons. The molecule has 56 heavy (non-hydrogen) atoms. The number of piperidine rings is 1. The van der Waals surface area contributed by atoms with Gasteiger partial charge in [-0.05, 0) is 73.9 Å². The van der Waals surface area contributed by atoms with Crippen molar-refractivity contribution in [2.24, 2.45) is 0 Å². The number of aromatic nitrogens is 5. The maximum Gasteiger partial charge on any atom is 0.320 e. The summed E-state index contributed by atoms with van der Waals surface area (Å²) in [6.45, 7) is 13.0. The van der Waals surface area contributed by atoms with Crippen molar-refractivity contribution in [3.05, 3.63) is 88.7 Å². The minimum Gasteiger partial charge on any atom is -0.491 e. The van der Waals surface area contributed by atoms with Gasteiger partial charge in [0.1, 0.15) is 30.0 Å². The first-order valence-electron chi connectivity index (χ1n) is 20.0. The number of fused-ring (bicyclic) bond motifs is 2. The second-order valence-electron chi connectivity index (χ2n) is 16.0. The van der Waals surface area contributed by atoms with Crippen LogP contribution in [0.2, 0.25) is 5.02 Å². The topological polar surface area (TPSA) is 123 Å². The molecular weight excluding hydrogens is 730 g/mol. The molecule has 8 rings (SSSR count). The number of rotatable bonds is 10. The van der Waals surface area contributed by atoms with Crippen LogP contribution in [0.3, 0.4) is 0 Å². The van der Waals surface area contributed by atoms with Gasteiger partial charge >= 0.3 is 6.03 Å². The van der Waals surface area contributed by atoms with E-state index in [2.05, 4.69) is 63.5 Å². The van der Waals surface area contributed by atoms with E-state index in [4.69, 9.17) is 30.9 Å². The molecule has 5 aromatic rings. The lowest BCUT2D eigenvalue weighted by Gasteiger charge is -2.32. The number of ether oxygens (including phenoxy) is 3. The summed E-state index contributed by atoms with van der Waals surface area (Å²) in [5.41, 5.74) is 4.20. The number of nitrogens with one attached hydrogen (secondary N) is 2. The highest BCUT2D eigenvalue weighted by Gasteiger charge is 2.30. The number of anilines is 2. The van der Waals surface area contributed by atoms with Gasteiger partial charge in [-0.3, -0.25) is 14.6 Å². The first kappa shape index (κ1) is 38.0. The molecule has 2 saturated heterocycles. The van der Waals surface area contributed by atoms with Crippen molar-refractivity contribution in [2.45, 2.75) is 76.9 Å². The number of hydrogen-bond acceptors (Lipinski definition) is 9. The number of amides is 2. The Kier molecular flexibility index (Phi) is 11.4. The van der Waals surface area contributed by atoms with Crippen molar-refractivity contribution in [3.63, 3.8) is 0 Å². The van der Waals surface area contributed by atoms with E-state index in [0.717, 1.165) is 111 Å². The van der Waals surface area contributed by atoms with Crippen molar-refractivity contribution in [2.75, 3.05) is 62.8 Å². The highest BCUT2D eigenvalue weighted by Crippen LogP contribution is 2.39. The van der Waals surface area contributed by atoms with Gasteiger partial charge in [-0.25, -0.2) is 9.48 Å². The quantitative estimate of drug-likeness (QED) is 0.147. The van der Waals surface area contributed by atoms with Crippen molar-refractivity contribution >= 4 is 35.0 Å². The van der Waals surface area contributed by atoms with Gasteiger partial charge < -0.3 is 24.4 Å². The Bertz CT molecular complexity index is 2130. The largest absolute Gasteiger partial charge is 0.491 e. The van der Waals surface area contributed by atoms with E-state index >= 15 is 0 Å². The van der Waals surface area contributed by atoms with Crippen LogP contribution in [0.5, 0.6) is 11.5 Å². The van der Waals surface area contributed by atoms with E-state index in [-0.39, 0.29) is 23.6 Å². The van der Waals surface area contributed by atoms with Gasteiger partial charge in [0.25, 0.3) is 0 Å². The Balaban J connectivity index is 0.964. The number of nitrogens with zero attached hydrogens (tertiary/aromatic N) is 7. The molecule has 2 aliphatic heterocycles. The van der Waals surface area contributed by atoms with E-state index in [1.807, 2.05) is 59.1 Å². The molecule has 0 unspecified atom stereocenters. The van der Waals surface area contributed by atoms with E-state index in [9.17, 15) is 4.79 Å². The van der Waals surface area contributed by atoms with Gasteiger partial charge in [-0.1, -0.05) is 56.6 Å². The lowest BCUT2D eigenvalue weighted by Crippen LogP contribution is -2.36. The number of benzene rings is 2. The van der Waals surface area contributed by atoms with E-state index in [1.54, 1.807) is 4.68 Å². The summed E-state index contributed by atoms with van der Waals surface area (Å²) in [5, 5.41) is 20.7. The summed E-state index contributed by atoms with van der Waals surface area (Å²) >= 11 is 6.61. The van der Waals surface area contributed by atoms with E-state index in [1.165, 1.54) is 6.42 Å². The molecule has 2 fully saturated rings. The number of halogens is 1. The Hall–Kier alpha value is -4.85. The minimum absolute atomic E-state index is 0.171. The molecule has 13 nitrogen and oxygen atoms in total. The molecule has 2 aromatic carbocycles. The number of carbonyl (C=O) groups excluding carboxylic acids is 1. The molecule has 5 heterocycles. The Morgan fingerprint density at radius 3 is 2.61 bits per heavy atom. The molecule has 3 aliphatic rings. The molecule has 0 spiro atoms. The predicted octanol–water partition coefficient (Wildman–Crippen LogP) is 7.73. The molecule has 14 heteroatoms. The van der Waals surface area contributed by atoms with Gasteiger partial charge in [-0.15, -0.1) is 10.2 Å². The van der Waals surface area contributed by atoms with Gasteiger partial charge in [0.2, 0.25) is 5.95 Å².